The van der Waals surface area contributed by atoms with Gasteiger partial charge in [-0.15, -0.1) is 0 Å². The molecule has 0 spiro atoms. The van der Waals surface area contributed by atoms with Crippen molar-refractivity contribution in [3.8, 4) is 22.5 Å². The molecule has 0 atom stereocenters. The van der Waals surface area contributed by atoms with Gasteiger partial charge in [0, 0.05) is 48.9 Å². The van der Waals surface area contributed by atoms with Crippen LogP contribution in [0.5, 0.6) is 0 Å². The molecule has 0 aliphatic heterocycles. The van der Waals surface area contributed by atoms with Gasteiger partial charge in [0.1, 0.15) is 11.3 Å². The third-order valence-corrected chi connectivity index (χ3v) is 5.51. The molecule has 158 valence electrons. The third kappa shape index (κ3) is 3.92. The molecule has 1 heterocycles. The molecule has 0 aliphatic carbocycles. The lowest BCUT2D eigenvalue weighted by atomic mass is 9.98. The quantitative estimate of drug-likeness (QED) is 0.473. The minimum atomic E-state index is -0.190. The molecular formula is C26H26N2O3. The highest BCUT2D eigenvalue weighted by Gasteiger charge is 2.24. The minimum absolute atomic E-state index is 0.0407. The Hall–Kier alpha value is -3.57. The number of likely N-dealkylation sites (N-methyl/N-ethyl adjacent to an activating group) is 1. The van der Waals surface area contributed by atoms with Crippen LogP contribution in [0.15, 0.2) is 71.1 Å². The summed E-state index contributed by atoms with van der Waals surface area (Å²) < 4.78 is 6.26. The number of nitrogens with zero attached hydrogens (tertiary/aromatic N) is 1. The number of carbonyl (C=O) groups excluding carboxylic acids is 1. The maximum atomic E-state index is 12.9. The molecule has 31 heavy (non-hydrogen) atoms. The summed E-state index contributed by atoms with van der Waals surface area (Å²) in [5.41, 5.74) is 6.09. The molecule has 2 N–H and O–H groups in total. The van der Waals surface area contributed by atoms with Crippen molar-refractivity contribution in [2.45, 2.75) is 6.92 Å². The van der Waals surface area contributed by atoms with Crippen molar-refractivity contribution in [3.05, 3.63) is 77.9 Å². The SMILES string of the molecule is CNC(=O)c1c(-c2ccc(C)cc2)oc2cc(N(C)CCO)c(-c3ccccc3)cc12. The molecule has 1 aromatic heterocycles. The van der Waals surface area contributed by atoms with Crippen LogP contribution >= 0.6 is 0 Å². The summed E-state index contributed by atoms with van der Waals surface area (Å²) in [6.07, 6.45) is 0. The normalized spacial score (nSPS) is 11.0. The Morgan fingerprint density at radius 2 is 1.74 bits per heavy atom. The highest BCUT2D eigenvalue weighted by atomic mass is 16.3. The van der Waals surface area contributed by atoms with Gasteiger partial charge in [-0.1, -0.05) is 60.2 Å². The Morgan fingerprint density at radius 3 is 2.39 bits per heavy atom. The van der Waals surface area contributed by atoms with Crippen molar-refractivity contribution in [1.82, 2.24) is 5.32 Å². The van der Waals surface area contributed by atoms with E-state index in [9.17, 15) is 9.90 Å². The number of rotatable bonds is 6. The number of aliphatic hydroxyl groups excluding tert-OH is 1. The van der Waals surface area contributed by atoms with Crippen molar-refractivity contribution in [1.29, 1.82) is 0 Å². The maximum absolute atomic E-state index is 12.9. The van der Waals surface area contributed by atoms with Crippen molar-refractivity contribution in [2.24, 2.45) is 0 Å². The van der Waals surface area contributed by atoms with E-state index in [1.165, 1.54) is 0 Å². The number of fused-ring (bicyclic) bond motifs is 1. The van der Waals surface area contributed by atoms with Gasteiger partial charge < -0.3 is 19.7 Å². The van der Waals surface area contributed by atoms with E-state index in [4.69, 9.17) is 4.42 Å². The molecule has 0 bridgehead atoms. The van der Waals surface area contributed by atoms with E-state index < -0.39 is 0 Å². The maximum Gasteiger partial charge on any atom is 0.255 e. The van der Waals surface area contributed by atoms with E-state index in [0.29, 0.717) is 23.5 Å². The Balaban J connectivity index is 2.02. The number of nitrogens with one attached hydrogen (secondary N) is 1. The first-order valence-electron chi connectivity index (χ1n) is 10.3. The monoisotopic (exact) mass is 414 g/mol. The molecular weight excluding hydrogens is 388 g/mol. The van der Waals surface area contributed by atoms with Crippen LogP contribution in [0.25, 0.3) is 33.4 Å². The second-order valence-electron chi connectivity index (χ2n) is 7.63. The van der Waals surface area contributed by atoms with Crippen LogP contribution in [0.2, 0.25) is 0 Å². The van der Waals surface area contributed by atoms with Gasteiger partial charge in [-0.25, -0.2) is 0 Å². The number of carbonyl (C=O) groups is 1. The molecule has 0 radical (unpaired) electrons. The standard InChI is InChI=1S/C26H26N2O3/c1-17-9-11-19(12-10-17)25-24(26(30)27-2)21-15-20(18-7-5-4-6-8-18)22(16-23(21)31-25)28(3)13-14-29/h4-12,15-16,29H,13-14H2,1-3H3,(H,27,30). The van der Waals surface area contributed by atoms with E-state index >= 15 is 0 Å². The lowest BCUT2D eigenvalue weighted by molar-refractivity contribution is 0.0964. The van der Waals surface area contributed by atoms with E-state index in [2.05, 4.69) is 5.32 Å². The highest BCUT2D eigenvalue weighted by molar-refractivity contribution is 6.12. The first-order chi connectivity index (χ1) is 15.0. The fourth-order valence-corrected chi connectivity index (χ4v) is 3.83. The van der Waals surface area contributed by atoms with Gasteiger partial charge in [-0.3, -0.25) is 4.79 Å². The van der Waals surface area contributed by atoms with Crippen molar-refractivity contribution in [2.75, 3.05) is 32.1 Å². The zero-order chi connectivity index (χ0) is 22.0. The average molecular weight is 415 g/mol. The fraction of sp³-hybridized carbons (Fsp3) is 0.192. The van der Waals surface area contributed by atoms with Crippen molar-refractivity contribution >= 4 is 22.6 Å². The summed E-state index contributed by atoms with van der Waals surface area (Å²) in [5, 5.41) is 13.0. The average Bonchev–Trinajstić information content (AvgIpc) is 3.17. The summed E-state index contributed by atoms with van der Waals surface area (Å²) >= 11 is 0. The first kappa shape index (κ1) is 20.7. The predicted molar refractivity (Wildman–Crippen MR) is 126 cm³/mol. The number of furan rings is 1. The molecule has 4 rings (SSSR count). The van der Waals surface area contributed by atoms with E-state index in [1.807, 2.05) is 85.6 Å². The number of aryl methyl sites for hydroxylation is 1. The Morgan fingerprint density at radius 1 is 1.03 bits per heavy atom. The smallest absolute Gasteiger partial charge is 0.255 e. The summed E-state index contributed by atoms with van der Waals surface area (Å²) in [7, 11) is 3.56. The number of anilines is 1. The highest BCUT2D eigenvalue weighted by Crippen LogP contribution is 2.40. The number of hydrogen-bond donors (Lipinski definition) is 2. The molecule has 5 nitrogen and oxygen atoms in total. The minimum Gasteiger partial charge on any atom is -0.455 e. The van der Waals surface area contributed by atoms with Crippen LogP contribution < -0.4 is 10.2 Å². The summed E-state index contributed by atoms with van der Waals surface area (Å²) in [6, 6.07) is 21.9. The molecule has 0 unspecified atom stereocenters. The summed E-state index contributed by atoms with van der Waals surface area (Å²) in [5.74, 6) is 0.361. The van der Waals surface area contributed by atoms with Gasteiger partial charge in [0.15, 0.2) is 0 Å². The fourth-order valence-electron chi connectivity index (χ4n) is 3.83. The van der Waals surface area contributed by atoms with Crippen molar-refractivity contribution in [3.63, 3.8) is 0 Å². The second-order valence-corrected chi connectivity index (χ2v) is 7.63. The lowest BCUT2D eigenvalue weighted by Gasteiger charge is -2.22. The van der Waals surface area contributed by atoms with Crippen LogP contribution in [0.3, 0.4) is 0 Å². The predicted octanol–water partition coefficient (Wildman–Crippen LogP) is 4.86. The van der Waals surface area contributed by atoms with Crippen LogP contribution in [0, 0.1) is 6.92 Å². The topological polar surface area (TPSA) is 65.7 Å². The third-order valence-electron chi connectivity index (χ3n) is 5.51. The van der Waals surface area contributed by atoms with E-state index in [-0.39, 0.29) is 12.5 Å². The zero-order valence-electron chi connectivity index (χ0n) is 18.0. The van der Waals surface area contributed by atoms with Gasteiger partial charge in [-0.2, -0.15) is 0 Å². The number of aliphatic hydroxyl groups is 1. The Labute approximate surface area is 181 Å². The summed E-state index contributed by atoms with van der Waals surface area (Å²) in [6.45, 7) is 2.55. The molecule has 3 aromatic carbocycles. The largest absolute Gasteiger partial charge is 0.455 e. The van der Waals surface area contributed by atoms with Crippen LogP contribution in [0.1, 0.15) is 15.9 Å². The Kier molecular flexibility index (Phi) is 5.78. The molecule has 4 aromatic rings. The number of amides is 1. The lowest BCUT2D eigenvalue weighted by Crippen LogP contribution is -2.22. The number of hydrogen-bond acceptors (Lipinski definition) is 4. The molecule has 0 saturated heterocycles. The van der Waals surface area contributed by atoms with Crippen LogP contribution in [0.4, 0.5) is 5.69 Å². The van der Waals surface area contributed by atoms with Gasteiger partial charge in [0.25, 0.3) is 5.91 Å². The van der Waals surface area contributed by atoms with Gasteiger partial charge in [0.05, 0.1) is 12.2 Å². The van der Waals surface area contributed by atoms with Gasteiger partial charge >= 0.3 is 0 Å². The number of benzene rings is 3. The molecule has 0 fully saturated rings. The Bertz CT molecular complexity index is 1210. The molecule has 0 saturated carbocycles. The molecule has 1 amide bonds. The molecule has 0 aliphatic rings. The zero-order valence-corrected chi connectivity index (χ0v) is 18.0. The van der Waals surface area contributed by atoms with Crippen LogP contribution in [-0.4, -0.2) is 38.3 Å². The van der Waals surface area contributed by atoms with E-state index in [0.717, 1.165) is 33.3 Å². The van der Waals surface area contributed by atoms with Crippen molar-refractivity contribution < 1.29 is 14.3 Å². The second kappa shape index (κ2) is 8.66. The van der Waals surface area contributed by atoms with Gasteiger partial charge in [-0.05, 0) is 18.6 Å². The van der Waals surface area contributed by atoms with E-state index in [1.54, 1.807) is 7.05 Å². The van der Waals surface area contributed by atoms with Gasteiger partial charge in [0.2, 0.25) is 0 Å². The molecule has 5 heteroatoms. The van der Waals surface area contributed by atoms with Crippen LogP contribution in [-0.2, 0) is 0 Å². The first-order valence-corrected chi connectivity index (χ1v) is 10.3. The summed E-state index contributed by atoms with van der Waals surface area (Å²) in [4.78, 5) is 14.9.